The molecule has 1 aromatic heterocycles. The van der Waals surface area contributed by atoms with Gasteiger partial charge in [-0.1, -0.05) is 19.9 Å². The molecule has 3 aliphatic carbocycles. The third-order valence-corrected chi connectivity index (χ3v) is 9.91. The molecule has 0 N–H and O–H groups in total. The van der Waals surface area contributed by atoms with Crippen LogP contribution in [0.25, 0.3) is 0 Å². The standard InChI is InChI=1S/C23H32N2OS/c1-14-24-19(13-27-14)18-7-6-16-15-5-8-20-23(3,12-10-21(26)25(20)4)17(15)9-11-22(16,18)2/h10,12-13,15-18,20H,5-9,11H2,1-4H3/t15-,16-,17-,18+,20+,22-,23+/m0/s1. The van der Waals surface area contributed by atoms with Gasteiger partial charge in [-0.3, -0.25) is 4.79 Å². The number of carbonyl (C=O) groups is 1. The zero-order valence-corrected chi connectivity index (χ0v) is 17.9. The minimum atomic E-state index is 0.155. The molecule has 1 amide bonds. The van der Waals surface area contributed by atoms with Crippen molar-refractivity contribution in [2.45, 2.75) is 71.3 Å². The summed E-state index contributed by atoms with van der Waals surface area (Å²) in [6, 6.07) is 0.388. The fourth-order valence-corrected chi connectivity index (χ4v) is 8.43. The summed E-state index contributed by atoms with van der Waals surface area (Å²) in [5.74, 6) is 3.18. The van der Waals surface area contributed by atoms with E-state index in [1.807, 2.05) is 29.4 Å². The maximum Gasteiger partial charge on any atom is 0.246 e. The normalized spacial score (nSPS) is 46.1. The Morgan fingerprint density at radius 3 is 2.70 bits per heavy atom. The number of hydrogen-bond acceptors (Lipinski definition) is 3. The lowest BCUT2D eigenvalue weighted by atomic mass is 9.47. The van der Waals surface area contributed by atoms with Crippen molar-refractivity contribution >= 4 is 17.2 Å². The highest BCUT2D eigenvalue weighted by Crippen LogP contribution is 2.67. The first-order valence-electron chi connectivity index (χ1n) is 10.7. The van der Waals surface area contributed by atoms with E-state index in [0.717, 1.165) is 24.2 Å². The number of carbonyl (C=O) groups excluding carboxylic acids is 1. The van der Waals surface area contributed by atoms with Crippen molar-refractivity contribution in [3.05, 3.63) is 28.2 Å². The predicted molar refractivity (Wildman–Crippen MR) is 110 cm³/mol. The number of aryl methyl sites for hydroxylation is 1. The Morgan fingerprint density at radius 2 is 1.96 bits per heavy atom. The molecule has 2 heterocycles. The lowest BCUT2D eigenvalue weighted by Gasteiger charge is -2.60. The molecular weight excluding hydrogens is 352 g/mol. The van der Waals surface area contributed by atoms with Crippen LogP contribution in [0.1, 0.15) is 69.0 Å². The third-order valence-electron chi connectivity index (χ3n) is 9.12. The van der Waals surface area contributed by atoms with Crippen LogP contribution in [-0.2, 0) is 4.79 Å². The maximum absolute atomic E-state index is 12.2. The van der Waals surface area contributed by atoms with Crippen LogP contribution >= 0.6 is 11.3 Å². The van der Waals surface area contributed by atoms with Crippen LogP contribution in [0, 0.1) is 35.5 Å². The van der Waals surface area contributed by atoms with Gasteiger partial charge in [0, 0.05) is 29.8 Å². The fourth-order valence-electron chi connectivity index (χ4n) is 7.76. The Morgan fingerprint density at radius 1 is 1.15 bits per heavy atom. The quantitative estimate of drug-likeness (QED) is 0.669. The van der Waals surface area contributed by atoms with Gasteiger partial charge in [-0.05, 0) is 74.7 Å². The Hall–Kier alpha value is -1.16. The van der Waals surface area contributed by atoms with Crippen LogP contribution in [0.15, 0.2) is 17.5 Å². The van der Waals surface area contributed by atoms with Crippen molar-refractivity contribution in [1.82, 2.24) is 9.88 Å². The van der Waals surface area contributed by atoms with Gasteiger partial charge >= 0.3 is 0 Å². The molecule has 3 nitrogen and oxygen atoms in total. The van der Waals surface area contributed by atoms with Crippen molar-refractivity contribution in [2.24, 2.45) is 28.6 Å². The monoisotopic (exact) mass is 384 g/mol. The SMILES string of the molecule is Cc1nc([C@H]2CC[C@H]3[C@@H]4CC[C@H]5N(C)C(=O)C=C[C@]5(C)[C@H]4CC[C@]23C)cs1. The average molecular weight is 385 g/mol. The largest absolute Gasteiger partial charge is 0.338 e. The second kappa shape index (κ2) is 5.92. The Bertz CT molecular complexity index is 800. The third kappa shape index (κ3) is 2.38. The van der Waals surface area contributed by atoms with Crippen molar-refractivity contribution in [3.8, 4) is 0 Å². The first kappa shape index (κ1) is 17.9. The number of nitrogens with zero attached hydrogens (tertiary/aromatic N) is 2. The van der Waals surface area contributed by atoms with E-state index in [0.29, 0.717) is 17.4 Å². The van der Waals surface area contributed by atoms with Gasteiger partial charge in [0.15, 0.2) is 0 Å². The van der Waals surface area contributed by atoms with Crippen LogP contribution in [0.2, 0.25) is 0 Å². The lowest BCUT2D eigenvalue weighted by Crippen LogP contribution is -2.59. The van der Waals surface area contributed by atoms with Crippen LogP contribution < -0.4 is 0 Å². The summed E-state index contributed by atoms with van der Waals surface area (Å²) < 4.78 is 0. The highest BCUT2D eigenvalue weighted by atomic mass is 32.1. The van der Waals surface area contributed by atoms with Gasteiger partial charge in [0.1, 0.15) is 0 Å². The van der Waals surface area contributed by atoms with Crippen LogP contribution in [0.3, 0.4) is 0 Å². The number of aromatic nitrogens is 1. The smallest absolute Gasteiger partial charge is 0.246 e. The molecule has 4 heteroatoms. The van der Waals surface area contributed by atoms with Gasteiger partial charge in [-0.15, -0.1) is 11.3 Å². The first-order chi connectivity index (χ1) is 12.8. The molecule has 5 rings (SSSR count). The van der Waals surface area contributed by atoms with Crippen LogP contribution in [0.5, 0.6) is 0 Å². The summed E-state index contributed by atoms with van der Waals surface area (Å²) >= 11 is 1.81. The molecule has 0 bridgehead atoms. The number of fused-ring (bicyclic) bond motifs is 5. The molecular formula is C23H32N2OS. The molecule has 4 aliphatic rings. The van der Waals surface area contributed by atoms with Crippen molar-refractivity contribution in [1.29, 1.82) is 0 Å². The van der Waals surface area contributed by atoms with Gasteiger partial charge in [0.25, 0.3) is 0 Å². The van der Waals surface area contributed by atoms with Gasteiger partial charge in [0.05, 0.1) is 10.7 Å². The Kier molecular flexibility index (Phi) is 3.93. The lowest BCUT2D eigenvalue weighted by molar-refractivity contribution is -0.138. The van der Waals surface area contributed by atoms with Gasteiger partial charge in [-0.2, -0.15) is 0 Å². The number of amides is 1. The average Bonchev–Trinajstić information content (AvgIpc) is 3.21. The summed E-state index contributed by atoms with van der Waals surface area (Å²) in [6.07, 6.45) is 11.9. The van der Waals surface area contributed by atoms with Gasteiger partial charge in [0.2, 0.25) is 5.91 Å². The van der Waals surface area contributed by atoms with E-state index in [9.17, 15) is 4.79 Å². The van der Waals surface area contributed by atoms with Crippen molar-refractivity contribution in [2.75, 3.05) is 7.05 Å². The number of thiazole rings is 1. The molecule has 0 saturated heterocycles. The summed E-state index contributed by atoms with van der Waals surface area (Å²) in [6.45, 7) is 7.14. The molecule has 0 unspecified atom stereocenters. The summed E-state index contributed by atoms with van der Waals surface area (Å²) in [5, 5.41) is 3.53. The molecule has 3 fully saturated rings. The van der Waals surface area contributed by atoms with E-state index in [1.165, 1.54) is 42.8 Å². The first-order valence-corrected chi connectivity index (χ1v) is 11.6. The van der Waals surface area contributed by atoms with Crippen molar-refractivity contribution < 1.29 is 4.79 Å². The van der Waals surface area contributed by atoms with Crippen LogP contribution in [-0.4, -0.2) is 28.9 Å². The van der Waals surface area contributed by atoms with Crippen LogP contribution in [0.4, 0.5) is 0 Å². The molecule has 1 aliphatic heterocycles. The molecule has 0 aromatic carbocycles. The maximum atomic E-state index is 12.2. The number of rotatable bonds is 1. The van der Waals surface area contributed by atoms with E-state index in [4.69, 9.17) is 4.98 Å². The minimum absolute atomic E-state index is 0.155. The second-order valence-electron chi connectivity index (χ2n) is 10.1. The van der Waals surface area contributed by atoms with Crippen molar-refractivity contribution in [3.63, 3.8) is 0 Å². The molecule has 1 aromatic rings. The zero-order chi connectivity index (χ0) is 19.0. The highest BCUT2D eigenvalue weighted by Gasteiger charge is 2.60. The molecule has 7 atom stereocenters. The second-order valence-corrected chi connectivity index (χ2v) is 11.1. The number of likely N-dealkylation sites (N-methyl/N-ethyl adjacent to an activating group) is 1. The summed E-state index contributed by atoms with van der Waals surface area (Å²) in [4.78, 5) is 19.1. The van der Waals surface area contributed by atoms with E-state index in [-0.39, 0.29) is 11.3 Å². The van der Waals surface area contributed by atoms with Gasteiger partial charge in [-0.25, -0.2) is 4.98 Å². The predicted octanol–water partition coefficient (Wildman–Crippen LogP) is 5.17. The molecule has 0 spiro atoms. The summed E-state index contributed by atoms with van der Waals surface area (Å²) in [5.41, 5.74) is 1.93. The van der Waals surface area contributed by atoms with E-state index in [2.05, 4.69) is 32.2 Å². The Balaban J connectivity index is 1.47. The Labute approximate surface area is 167 Å². The summed E-state index contributed by atoms with van der Waals surface area (Å²) in [7, 11) is 2.01. The topological polar surface area (TPSA) is 33.2 Å². The van der Waals surface area contributed by atoms with E-state index < -0.39 is 0 Å². The van der Waals surface area contributed by atoms with E-state index in [1.54, 1.807) is 0 Å². The highest BCUT2D eigenvalue weighted by molar-refractivity contribution is 7.09. The van der Waals surface area contributed by atoms with E-state index >= 15 is 0 Å². The molecule has 3 saturated carbocycles. The minimum Gasteiger partial charge on any atom is -0.338 e. The molecule has 27 heavy (non-hydrogen) atoms. The number of hydrogen-bond donors (Lipinski definition) is 0. The van der Waals surface area contributed by atoms with Gasteiger partial charge < -0.3 is 4.90 Å². The molecule has 0 radical (unpaired) electrons. The molecule has 146 valence electrons. The zero-order valence-electron chi connectivity index (χ0n) is 17.1. The fraction of sp³-hybridized carbons (Fsp3) is 0.739.